The molecule has 0 radical (unpaired) electrons. The SMILES string of the molecule is CN(C)CCn1cc(O)c(=O)cc1CN(C)C1CCCCC1. The largest absolute Gasteiger partial charge is 0.503 e. The van der Waals surface area contributed by atoms with Crippen molar-refractivity contribution in [3.8, 4) is 5.75 Å². The summed E-state index contributed by atoms with van der Waals surface area (Å²) >= 11 is 0. The van der Waals surface area contributed by atoms with Gasteiger partial charge in [-0.3, -0.25) is 9.69 Å². The Hall–Kier alpha value is -1.33. The number of rotatable bonds is 6. The Labute approximate surface area is 133 Å². The van der Waals surface area contributed by atoms with Crippen LogP contribution in [0.25, 0.3) is 0 Å². The molecule has 1 N–H and O–H groups in total. The zero-order valence-corrected chi connectivity index (χ0v) is 14.1. The summed E-state index contributed by atoms with van der Waals surface area (Å²) in [5, 5.41) is 9.71. The smallest absolute Gasteiger partial charge is 0.223 e. The Morgan fingerprint density at radius 3 is 2.55 bits per heavy atom. The molecule has 2 rings (SSSR count). The summed E-state index contributed by atoms with van der Waals surface area (Å²) in [4.78, 5) is 16.3. The standard InChI is InChI=1S/C17H29N3O2/c1-18(2)9-10-20-13-17(22)16(21)11-15(20)12-19(3)14-7-5-4-6-8-14/h11,13-14,22H,4-10,12H2,1-3H3. The Morgan fingerprint density at radius 2 is 1.91 bits per heavy atom. The van der Waals surface area contributed by atoms with Crippen LogP contribution in [0, 0.1) is 0 Å². The summed E-state index contributed by atoms with van der Waals surface area (Å²) < 4.78 is 2.01. The van der Waals surface area contributed by atoms with E-state index in [0.29, 0.717) is 6.04 Å². The van der Waals surface area contributed by atoms with Gasteiger partial charge in [0.2, 0.25) is 5.43 Å². The Bertz CT molecular complexity index is 533. The molecule has 0 spiro atoms. The number of hydrogen-bond donors (Lipinski definition) is 1. The molecule has 1 saturated carbocycles. The number of aromatic nitrogens is 1. The molecule has 1 aromatic heterocycles. The maximum absolute atomic E-state index is 11.8. The monoisotopic (exact) mass is 307 g/mol. The van der Waals surface area contributed by atoms with Crippen LogP contribution in [0.15, 0.2) is 17.1 Å². The molecule has 0 saturated heterocycles. The fraction of sp³-hybridized carbons (Fsp3) is 0.706. The Kier molecular flexibility index (Phi) is 6.03. The second-order valence-corrected chi connectivity index (χ2v) is 6.72. The van der Waals surface area contributed by atoms with Gasteiger partial charge in [-0.2, -0.15) is 0 Å². The number of nitrogens with zero attached hydrogens (tertiary/aromatic N) is 3. The second kappa shape index (κ2) is 7.79. The topological polar surface area (TPSA) is 48.7 Å². The van der Waals surface area contributed by atoms with E-state index in [9.17, 15) is 9.90 Å². The van der Waals surface area contributed by atoms with Crippen molar-refractivity contribution in [3.05, 3.63) is 28.2 Å². The van der Waals surface area contributed by atoms with E-state index in [-0.39, 0.29) is 11.2 Å². The van der Waals surface area contributed by atoms with Crippen LogP contribution in [0.2, 0.25) is 0 Å². The Balaban J connectivity index is 2.13. The van der Waals surface area contributed by atoms with E-state index in [1.54, 1.807) is 12.3 Å². The lowest BCUT2D eigenvalue weighted by Gasteiger charge is -2.32. The molecule has 1 fully saturated rings. The Morgan fingerprint density at radius 1 is 1.23 bits per heavy atom. The number of likely N-dealkylation sites (N-methyl/N-ethyl adjacent to an activating group) is 1. The minimum absolute atomic E-state index is 0.164. The van der Waals surface area contributed by atoms with Gasteiger partial charge in [0.25, 0.3) is 0 Å². The average molecular weight is 307 g/mol. The van der Waals surface area contributed by atoms with Crippen LogP contribution < -0.4 is 5.43 Å². The van der Waals surface area contributed by atoms with Gasteiger partial charge in [0.1, 0.15) is 0 Å². The summed E-state index contributed by atoms with van der Waals surface area (Å²) in [5.41, 5.74) is 0.700. The van der Waals surface area contributed by atoms with Crippen molar-refractivity contribution in [2.24, 2.45) is 0 Å². The first-order valence-corrected chi connectivity index (χ1v) is 8.24. The molecule has 1 heterocycles. The number of hydrogen-bond acceptors (Lipinski definition) is 4. The van der Waals surface area contributed by atoms with E-state index in [2.05, 4.69) is 16.8 Å². The maximum atomic E-state index is 11.8. The van der Waals surface area contributed by atoms with Crippen molar-refractivity contribution in [2.75, 3.05) is 27.7 Å². The molecular formula is C17H29N3O2. The summed E-state index contributed by atoms with van der Waals surface area (Å²) in [6, 6.07) is 2.20. The van der Waals surface area contributed by atoms with Crippen LogP contribution in [-0.4, -0.2) is 53.2 Å². The predicted molar refractivity (Wildman–Crippen MR) is 89.3 cm³/mol. The molecule has 1 aliphatic rings. The van der Waals surface area contributed by atoms with Crippen molar-refractivity contribution < 1.29 is 5.11 Å². The number of aromatic hydroxyl groups is 1. The van der Waals surface area contributed by atoms with Crippen molar-refractivity contribution in [2.45, 2.75) is 51.2 Å². The van der Waals surface area contributed by atoms with Crippen molar-refractivity contribution in [3.63, 3.8) is 0 Å². The molecule has 5 nitrogen and oxygen atoms in total. The highest BCUT2D eigenvalue weighted by Gasteiger charge is 2.19. The van der Waals surface area contributed by atoms with Gasteiger partial charge in [0.05, 0.1) is 6.20 Å². The first kappa shape index (κ1) is 17.0. The minimum Gasteiger partial charge on any atom is -0.503 e. The third-order valence-electron chi connectivity index (χ3n) is 4.59. The van der Waals surface area contributed by atoms with Crippen LogP contribution >= 0.6 is 0 Å². The summed E-state index contributed by atoms with van der Waals surface area (Å²) in [6.07, 6.45) is 8.02. The third-order valence-corrected chi connectivity index (χ3v) is 4.59. The van der Waals surface area contributed by atoms with Crippen LogP contribution in [-0.2, 0) is 13.1 Å². The van der Waals surface area contributed by atoms with Gasteiger partial charge in [-0.1, -0.05) is 19.3 Å². The molecule has 1 aromatic rings. The van der Waals surface area contributed by atoms with E-state index < -0.39 is 0 Å². The van der Waals surface area contributed by atoms with Gasteiger partial charge < -0.3 is 14.6 Å². The molecular weight excluding hydrogens is 278 g/mol. The van der Waals surface area contributed by atoms with Crippen molar-refractivity contribution in [1.29, 1.82) is 0 Å². The van der Waals surface area contributed by atoms with Crippen LogP contribution in [0.5, 0.6) is 5.75 Å². The van der Waals surface area contributed by atoms with Crippen LogP contribution in [0.1, 0.15) is 37.8 Å². The summed E-state index contributed by atoms with van der Waals surface area (Å²) in [6.45, 7) is 2.41. The van der Waals surface area contributed by atoms with E-state index in [1.165, 1.54) is 32.1 Å². The highest BCUT2D eigenvalue weighted by atomic mass is 16.3. The molecule has 0 atom stereocenters. The van der Waals surface area contributed by atoms with E-state index in [4.69, 9.17) is 0 Å². The lowest BCUT2D eigenvalue weighted by atomic mass is 9.94. The fourth-order valence-electron chi connectivity index (χ4n) is 3.16. The lowest BCUT2D eigenvalue weighted by Crippen LogP contribution is -2.34. The average Bonchev–Trinajstić information content (AvgIpc) is 2.50. The first-order valence-electron chi connectivity index (χ1n) is 8.24. The molecule has 0 bridgehead atoms. The lowest BCUT2D eigenvalue weighted by molar-refractivity contribution is 0.180. The number of pyridine rings is 1. The molecule has 1 aliphatic carbocycles. The van der Waals surface area contributed by atoms with Crippen LogP contribution in [0.4, 0.5) is 0 Å². The zero-order chi connectivity index (χ0) is 16.1. The highest BCUT2D eigenvalue weighted by molar-refractivity contribution is 5.20. The van der Waals surface area contributed by atoms with Gasteiger partial charge in [0, 0.05) is 37.4 Å². The molecule has 0 amide bonds. The summed E-state index contributed by atoms with van der Waals surface area (Å²) in [7, 11) is 6.19. The van der Waals surface area contributed by atoms with Gasteiger partial charge in [0.15, 0.2) is 5.75 Å². The minimum atomic E-state index is -0.284. The molecule has 0 aromatic carbocycles. The van der Waals surface area contributed by atoms with Crippen molar-refractivity contribution in [1.82, 2.24) is 14.4 Å². The third kappa shape index (κ3) is 4.58. The molecule has 0 aliphatic heterocycles. The normalized spacial score (nSPS) is 16.6. The fourth-order valence-corrected chi connectivity index (χ4v) is 3.16. The molecule has 22 heavy (non-hydrogen) atoms. The van der Waals surface area contributed by atoms with Gasteiger partial charge in [-0.15, -0.1) is 0 Å². The van der Waals surface area contributed by atoms with Crippen LogP contribution in [0.3, 0.4) is 0 Å². The van der Waals surface area contributed by atoms with Gasteiger partial charge in [-0.05, 0) is 34.0 Å². The molecule has 0 unspecified atom stereocenters. The van der Waals surface area contributed by atoms with E-state index in [1.807, 2.05) is 18.7 Å². The predicted octanol–water partition coefficient (Wildman–Crippen LogP) is 1.88. The quantitative estimate of drug-likeness (QED) is 0.872. The van der Waals surface area contributed by atoms with Crippen molar-refractivity contribution >= 4 is 0 Å². The van der Waals surface area contributed by atoms with Gasteiger partial charge >= 0.3 is 0 Å². The summed E-state index contributed by atoms with van der Waals surface area (Å²) in [5.74, 6) is -0.164. The molecule has 5 heteroatoms. The zero-order valence-electron chi connectivity index (χ0n) is 14.1. The van der Waals surface area contributed by atoms with E-state index in [0.717, 1.165) is 25.3 Å². The molecule has 124 valence electrons. The second-order valence-electron chi connectivity index (χ2n) is 6.72. The van der Waals surface area contributed by atoms with Gasteiger partial charge in [-0.25, -0.2) is 0 Å². The van der Waals surface area contributed by atoms with E-state index >= 15 is 0 Å². The first-order chi connectivity index (χ1) is 10.5. The maximum Gasteiger partial charge on any atom is 0.223 e. The highest BCUT2D eigenvalue weighted by Crippen LogP contribution is 2.22.